The van der Waals surface area contributed by atoms with Gasteiger partial charge in [-0.2, -0.15) is 0 Å². The van der Waals surface area contributed by atoms with Crippen molar-refractivity contribution in [1.82, 2.24) is 4.57 Å². The highest BCUT2D eigenvalue weighted by atomic mass is 15.1. The van der Waals surface area contributed by atoms with Gasteiger partial charge in [0.15, 0.2) is 0 Å². The molecule has 0 radical (unpaired) electrons. The molecule has 0 aliphatic rings. The van der Waals surface area contributed by atoms with Crippen molar-refractivity contribution in [1.29, 1.82) is 0 Å². The fourth-order valence-electron chi connectivity index (χ4n) is 9.96. The van der Waals surface area contributed by atoms with E-state index in [1.807, 2.05) is 0 Å². The lowest BCUT2D eigenvalue weighted by Gasteiger charge is -2.30. The second-order valence-corrected chi connectivity index (χ2v) is 16.9. The molecule has 12 aromatic rings. The summed E-state index contributed by atoms with van der Waals surface area (Å²) in [6.07, 6.45) is 0. The second-order valence-electron chi connectivity index (χ2n) is 16.9. The SMILES string of the molecule is c1ccc(-c2ccccc2-c2c(-c3ccccc3)cccc2N(c2ccc(-c3cccc(-n4c5ccccc5c5ccccc54)c3)cc2)c2ccc(-c3cccc4ccccc34)cc2)cc1. The zero-order chi connectivity index (χ0) is 43.8. The summed E-state index contributed by atoms with van der Waals surface area (Å²) in [7, 11) is 0. The van der Waals surface area contributed by atoms with E-state index in [0.29, 0.717) is 0 Å². The van der Waals surface area contributed by atoms with E-state index in [1.165, 1.54) is 77.1 Å². The minimum absolute atomic E-state index is 1.07. The predicted octanol–water partition coefficient (Wildman–Crippen LogP) is 17.7. The lowest BCUT2D eigenvalue weighted by molar-refractivity contribution is 1.18. The molecule has 0 bridgehead atoms. The zero-order valence-corrected chi connectivity index (χ0v) is 36.3. The van der Waals surface area contributed by atoms with E-state index >= 15 is 0 Å². The monoisotopic (exact) mass is 840 g/mol. The third-order valence-electron chi connectivity index (χ3n) is 13.0. The first-order valence-electron chi connectivity index (χ1n) is 22.7. The highest BCUT2D eigenvalue weighted by molar-refractivity contribution is 6.09. The van der Waals surface area contributed by atoms with E-state index in [4.69, 9.17) is 0 Å². The highest BCUT2D eigenvalue weighted by Gasteiger charge is 2.23. The van der Waals surface area contributed by atoms with Gasteiger partial charge in [-0.1, -0.05) is 212 Å². The van der Waals surface area contributed by atoms with Gasteiger partial charge < -0.3 is 9.47 Å². The smallest absolute Gasteiger partial charge is 0.0546 e. The Morgan fingerprint density at radius 1 is 0.273 bits per heavy atom. The van der Waals surface area contributed by atoms with Crippen LogP contribution in [0.15, 0.2) is 267 Å². The number of rotatable bonds is 9. The minimum Gasteiger partial charge on any atom is -0.310 e. The first-order valence-corrected chi connectivity index (χ1v) is 22.7. The summed E-state index contributed by atoms with van der Waals surface area (Å²) in [6.45, 7) is 0. The van der Waals surface area contributed by atoms with Crippen molar-refractivity contribution in [3.63, 3.8) is 0 Å². The molecule has 1 heterocycles. The topological polar surface area (TPSA) is 8.17 Å². The zero-order valence-electron chi connectivity index (χ0n) is 36.3. The molecule has 0 fully saturated rings. The molecule has 0 saturated carbocycles. The van der Waals surface area contributed by atoms with Crippen molar-refractivity contribution in [2.75, 3.05) is 4.90 Å². The van der Waals surface area contributed by atoms with Crippen LogP contribution in [0.2, 0.25) is 0 Å². The summed E-state index contributed by atoms with van der Waals surface area (Å²) in [4.78, 5) is 2.44. The lowest BCUT2D eigenvalue weighted by Crippen LogP contribution is -2.12. The minimum atomic E-state index is 1.07. The van der Waals surface area contributed by atoms with Crippen molar-refractivity contribution in [3.05, 3.63) is 267 Å². The third-order valence-corrected chi connectivity index (χ3v) is 13.0. The van der Waals surface area contributed by atoms with Crippen LogP contribution in [-0.4, -0.2) is 4.57 Å². The first-order chi connectivity index (χ1) is 32.8. The van der Waals surface area contributed by atoms with E-state index in [2.05, 4.69) is 276 Å². The fourth-order valence-corrected chi connectivity index (χ4v) is 9.96. The van der Waals surface area contributed by atoms with E-state index in [-0.39, 0.29) is 0 Å². The molecule has 2 nitrogen and oxygen atoms in total. The van der Waals surface area contributed by atoms with Crippen LogP contribution in [-0.2, 0) is 0 Å². The van der Waals surface area contributed by atoms with Crippen LogP contribution in [0.4, 0.5) is 17.1 Å². The quantitative estimate of drug-likeness (QED) is 0.141. The number of hydrogen-bond donors (Lipinski definition) is 0. The molecular formula is C64H44N2. The van der Waals surface area contributed by atoms with E-state index in [1.54, 1.807) is 0 Å². The van der Waals surface area contributed by atoms with E-state index < -0.39 is 0 Å². The molecule has 0 saturated heterocycles. The number of hydrogen-bond acceptors (Lipinski definition) is 1. The maximum absolute atomic E-state index is 2.44. The average Bonchev–Trinajstić information content (AvgIpc) is 3.74. The number of benzene rings is 11. The van der Waals surface area contributed by atoms with Crippen LogP contribution in [0.5, 0.6) is 0 Å². The maximum Gasteiger partial charge on any atom is 0.0546 e. The number of nitrogens with zero attached hydrogens (tertiary/aromatic N) is 2. The van der Waals surface area contributed by atoms with Crippen LogP contribution < -0.4 is 4.90 Å². The van der Waals surface area contributed by atoms with Crippen molar-refractivity contribution < 1.29 is 0 Å². The standard InChI is InChI=1S/C64H44N2/c1-3-18-46(19-4-1)56-27-9-10-30-60(56)64-57(48-20-5-2-6-21-48)32-17-35-63(64)65(52-42-38-49(39-43-52)55-31-16-23-47-22-7-8-26-54(47)55)51-40-36-45(37-41-51)50-24-15-25-53(44-50)66-61-33-13-11-28-58(61)59-29-12-14-34-62(59)66/h1-44H. The Labute approximate surface area is 385 Å². The summed E-state index contributed by atoms with van der Waals surface area (Å²) < 4.78 is 2.39. The molecule has 310 valence electrons. The van der Waals surface area contributed by atoms with Crippen LogP contribution >= 0.6 is 0 Å². The van der Waals surface area contributed by atoms with Gasteiger partial charge in [-0.05, 0) is 115 Å². The molecule has 0 unspecified atom stereocenters. The van der Waals surface area contributed by atoms with Crippen LogP contribution in [0.1, 0.15) is 0 Å². The van der Waals surface area contributed by atoms with Crippen LogP contribution in [0.25, 0.3) is 93.9 Å². The second kappa shape index (κ2) is 16.8. The molecule has 0 atom stereocenters. The van der Waals surface area contributed by atoms with Crippen molar-refractivity contribution in [2.45, 2.75) is 0 Å². The molecule has 66 heavy (non-hydrogen) atoms. The Bertz CT molecular complexity index is 3620. The van der Waals surface area contributed by atoms with Crippen molar-refractivity contribution >= 4 is 49.6 Å². The van der Waals surface area contributed by atoms with Gasteiger partial charge in [-0.3, -0.25) is 0 Å². The van der Waals surface area contributed by atoms with Gasteiger partial charge in [0, 0.05) is 33.4 Å². The van der Waals surface area contributed by atoms with Gasteiger partial charge in [-0.15, -0.1) is 0 Å². The largest absolute Gasteiger partial charge is 0.310 e. The molecule has 0 amide bonds. The molecule has 1 aromatic heterocycles. The first kappa shape index (κ1) is 38.9. The number of aromatic nitrogens is 1. The van der Waals surface area contributed by atoms with Crippen molar-refractivity contribution in [2.24, 2.45) is 0 Å². The Kier molecular flexibility index (Phi) is 9.89. The number of fused-ring (bicyclic) bond motifs is 4. The maximum atomic E-state index is 2.44. The highest BCUT2D eigenvalue weighted by Crippen LogP contribution is 2.48. The lowest BCUT2D eigenvalue weighted by atomic mass is 9.87. The van der Waals surface area contributed by atoms with Gasteiger partial charge in [-0.25, -0.2) is 0 Å². The normalized spacial score (nSPS) is 11.3. The summed E-state index contributed by atoms with van der Waals surface area (Å²) in [5, 5.41) is 5.00. The Morgan fingerprint density at radius 3 is 1.41 bits per heavy atom. The van der Waals surface area contributed by atoms with Gasteiger partial charge >= 0.3 is 0 Å². The Balaban J connectivity index is 1.03. The van der Waals surface area contributed by atoms with Gasteiger partial charge in [0.1, 0.15) is 0 Å². The number of para-hydroxylation sites is 2. The summed E-state index contributed by atoms with van der Waals surface area (Å²) >= 11 is 0. The van der Waals surface area contributed by atoms with E-state index in [0.717, 1.165) is 33.9 Å². The Hall–Kier alpha value is -8.72. The van der Waals surface area contributed by atoms with Gasteiger partial charge in [0.05, 0.1) is 16.7 Å². The van der Waals surface area contributed by atoms with Gasteiger partial charge in [0.25, 0.3) is 0 Å². The molecule has 0 aliphatic carbocycles. The van der Waals surface area contributed by atoms with Gasteiger partial charge in [0.2, 0.25) is 0 Å². The molecule has 0 aliphatic heterocycles. The summed E-state index contributed by atoms with van der Waals surface area (Å²) in [5.74, 6) is 0. The van der Waals surface area contributed by atoms with Crippen LogP contribution in [0, 0.1) is 0 Å². The molecular weight excluding hydrogens is 797 g/mol. The molecule has 11 aromatic carbocycles. The van der Waals surface area contributed by atoms with Crippen molar-refractivity contribution in [3.8, 4) is 61.3 Å². The Morgan fingerprint density at radius 2 is 0.727 bits per heavy atom. The fraction of sp³-hybridized carbons (Fsp3) is 0. The van der Waals surface area contributed by atoms with Crippen LogP contribution in [0.3, 0.4) is 0 Å². The molecule has 0 N–H and O–H groups in total. The number of anilines is 3. The average molecular weight is 841 g/mol. The van der Waals surface area contributed by atoms with E-state index in [9.17, 15) is 0 Å². The summed E-state index contributed by atoms with van der Waals surface area (Å²) in [5.41, 5.74) is 18.6. The third kappa shape index (κ3) is 6.93. The summed E-state index contributed by atoms with van der Waals surface area (Å²) in [6, 6.07) is 96.9. The molecule has 2 heteroatoms. The molecule has 0 spiro atoms. The molecule has 12 rings (SSSR count). The predicted molar refractivity (Wildman–Crippen MR) is 280 cm³/mol.